The number of hydrogen-bond acceptors (Lipinski definition) is 6. The van der Waals surface area contributed by atoms with Gasteiger partial charge in [0.25, 0.3) is 0 Å². The molecule has 0 bridgehead atoms. The summed E-state index contributed by atoms with van der Waals surface area (Å²) in [4.78, 5) is 23.9. The van der Waals surface area contributed by atoms with E-state index in [1.807, 2.05) is 0 Å². The normalized spacial score (nSPS) is 20.6. The summed E-state index contributed by atoms with van der Waals surface area (Å²) >= 11 is 12.1. The molecule has 8 heteroatoms. The Kier molecular flexibility index (Phi) is 4.63. The minimum Gasteiger partial charge on any atom is -0.467 e. The Bertz CT molecular complexity index is 662. The zero-order valence-electron chi connectivity index (χ0n) is 12.2. The molecule has 22 heavy (non-hydrogen) atoms. The lowest BCUT2D eigenvalue weighted by Crippen LogP contribution is -2.48. The van der Waals surface area contributed by atoms with E-state index in [1.54, 1.807) is 19.1 Å². The number of hydrogen-bond donors (Lipinski definition) is 0. The molecular weight excluding hydrogens is 331 g/mol. The number of ether oxygens (including phenoxy) is 2. The first-order valence-corrected chi connectivity index (χ1v) is 7.08. The van der Waals surface area contributed by atoms with Gasteiger partial charge in [-0.05, 0) is 25.1 Å². The van der Waals surface area contributed by atoms with Gasteiger partial charge in [0.15, 0.2) is 5.54 Å². The second-order valence-electron chi connectivity index (χ2n) is 4.89. The Hall–Kier alpha value is -1.79. The van der Waals surface area contributed by atoms with Crippen molar-refractivity contribution in [2.24, 2.45) is 5.10 Å². The molecule has 1 unspecified atom stereocenters. The summed E-state index contributed by atoms with van der Waals surface area (Å²) in [6.07, 6.45) is 0.0469. The van der Waals surface area contributed by atoms with Crippen molar-refractivity contribution in [2.75, 3.05) is 19.2 Å². The van der Waals surface area contributed by atoms with Crippen LogP contribution in [0.5, 0.6) is 0 Å². The molecule has 0 amide bonds. The molecule has 118 valence electrons. The quantitative estimate of drug-likeness (QED) is 0.788. The summed E-state index contributed by atoms with van der Waals surface area (Å²) in [7, 11) is 2.52. The van der Waals surface area contributed by atoms with E-state index in [0.717, 1.165) is 0 Å². The Balaban J connectivity index is 2.53. The molecular formula is C14H14Cl2N2O4. The third-order valence-electron chi connectivity index (χ3n) is 3.38. The zero-order chi connectivity index (χ0) is 16.5. The molecule has 1 atom stereocenters. The number of esters is 2. The van der Waals surface area contributed by atoms with Crippen LogP contribution in [0.15, 0.2) is 23.3 Å². The highest BCUT2D eigenvalue weighted by atomic mass is 35.5. The van der Waals surface area contributed by atoms with Crippen molar-refractivity contribution in [2.45, 2.75) is 18.9 Å². The van der Waals surface area contributed by atoms with Crippen LogP contribution in [-0.4, -0.2) is 37.4 Å². The fraction of sp³-hybridized carbons (Fsp3) is 0.357. The lowest BCUT2D eigenvalue weighted by Gasteiger charge is -2.31. The van der Waals surface area contributed by atoms with Crippen molar-refractivity contribution in [1.82, 2.24) is 0 Å². The molecule has 1 aliphatic rings. The van der Waals surface area contributed by atoms with Crippen molar-refractivity contribution in [3.63, 3.8) is 0 Å². The first-order valence-electron chi connectivity index (χ1n) is 6.33. The maximum atomic E-state index is 12.2. The van der Waals surface area contributed by atoms with Crippen molar-refractivity contribution < 1.29 is 19.1 Å². The second-order valence-corrected chi connectivity index (χ2v) is 5.73. The monoisotopic (exact) mass is 344 g/mol. The van der Waals surface area contributed by atoms with E-state index in [-0.39, 0.29) is 12.1 Å². The molecule has 2 rings (SSSR count). The van der Waals surface area contributed by atoms with Gasteiger partial charge < -0.3 is 9.47 Å². The highest BCUT2D eigenvalue weighted by Crippen LogP contribution is 2.39. The smallest absolute Gasteiger partial charge is 0.354 e. The SMILES string of the molecule is COC(=O)C1=NN(c2ccc(Cl)cc2Cl)C(C)(C(=O)OC)C1. The van der Waals surface area contributed by atoms with E-state index < -0.39 is 17.5 Å². The van der Waals surface area contributed by atoms with Gasteiger partial charge in [0.05, 0.1) is 24.9 Å². The predicted octanol–water partition coefficient (Wildman–Crippen LogP) is 2.66. The third kappa shape index (κ3) is 2.76. The van der Waals surface area contributed by atoms with E-state index in [9.17, 15) is 9.59 Å². The topological polar surface area (TPSA) is 68.2 Å². The van der Waals surface area contributed by atoms with Crippen LogP contribution in [0.25, 0.3) is 0 Å². The predicted molar refractivity (Wildman–Crippen MR) is 83.4 cm³/mol. The molecule has 0 saturated carbocycles. The molecule has 0 spiro atoms. The summed E-state index contributed by atoms with van der Waals surface area (Å²) in [5.41, 5.74) is -0.644. The highest BCUT2D eigenvalue weighted by molar-refractivity contribution is 6.39. The summed E-state index contributed by atoms with van der Waals surface area (Å²) in [5.74, 6) is -1.15. The number of nitrogens with zero attached hydrogens (tertiary/aromatic N) is 2. The maximum Gasteiger partial charge on any atom is 0.354 e. The average Bonchev–Trinajstić information content (AvgIpc) is 2.84. The van der Waals surface area contributed by atoms with Gasteiger partial charge in [-0.3, -0.25) is 0 Å². The standard InChI is InChI=1S/C14H14Cl2N2O4/c1-14(13(20)22-3)7-10(12(19)21-2)17-18(14)11-5-4-8(15)6-9(11)16/h4-6H,7H2,1-3H3. The van der Waals surface area contributed by atoms with E-state index >= 15 is 0 Å². The number of hydrazone groups is 1. The number of carbonyl (C=O) groups excluding carboxylic acids is 2. The van der Waals surface area contributed by atoms with Gasteiger partial charge in [-0.2, -0.15) is 5.10 Å². The minimum absolute atomic E-state index is 0.0469. The van der Waals surface area contributed by atoms with E-state index in [2.05, 4.69) is 9.84 Å². The van der Waals surface area contributed by atoms with Gasteiger partial charge in [-0.15, -0.1) is 0 Å². The second kappa shape index (κ2) is 6.14. The van der Waals surface area contributed by atoms with Crippen LogP contribution < -0.4 is 5.01 Å². The van der Waals surface area contributed by atoms with Gasteiger partial charge in [0.2, 0.25) is 0 Å². The number of methoxy groups -OCH3 is 2. The molecule has 1 aromatic carbocycles. The molecule has 0 fully saturated rings. The van der Waals surface area contributed by atoms with Gasteiger partial charge in [-0.1, -0.05) is 23.2 Å². The van der Waals surface area contributed by atoms with Crippen molar-refractivity contribution in [3.8, 4) is 0 Å². The third-order valence-corrected chi connectivity index (χ3v) is 3.92. The van der Waals surface area contributed by atoms with Crippen LogP contribution in [0.1, 0.15) is 13.3 Å². The molecule has 0 N–H and O–H groups in total. The van der Waals surface area contributed by atoms with Gasteiger partial charge >= 0.3 is 11.9 Å². The van der Waals surface area contributed by atoms with Gasteiger partial charge in [0, 0.05) is 11.4 Å². The lowest BCUT2D eigenvalue weighted by atomic mass is 9.95. The zero-order valence-corrected chi connectivity index (χ0v) is 13.7. The van der Waals surface area contributed by atoms with Crippen LogP contribution in [0.4, 0.5) is 5.69 Å². The van der Waals surface area contributed by atoms with Crippen LogP contribution in [0.2, 0.25) is 10.0 Å². The number of rotatable bonds is 3. The summed E-state index contributed by atoms with van der Waals surface area (Å²) < 4.78 is 9.51. The molecule has 1 heterocycles. The summed E-state index contributed by atoms with van der Waals surface area (Å²) in [5, 5.41) is 6.31. The Morgan fingerprint density at radius 3 is 2.50 bits per heavy atom. The minimum atomic E-state index is -1.20. The van der Waals surface area contributed by atoms with Crippen LogP contribution >= 0.6 is 23.2 Å². The largest absolute Gasteiger partial charge is 0.467 e. The van der Waals surface area contributed by atoms with Crippen LogP contribution in [-0.2, 0) is 19.1 Å². The Morgan fingerprint density at radius 1 is 1.27 bits per heavy atom. The Morgan fingerprint density at radius 2 is 1.95 bits per heavy atom. The average molecular weight is 345 g/mol. The molecule has 0 saturated heterocycles. The fourth-order valence-corrected chi connectivity index (χ4v) is 2.74. The van der Waals surface area contributed by atoms with Crippen molar-refractivity contribution in [3.05, 3.63) is 28.2 Å². The lowest BCUT2D eigenvalue weighted by molar-refractivity contribution is -0.146. The van der Waals surface area contributed by atoms with E-state index in [0.29, 0.717) is 15.7 Å². The Labute approximate surface area is 137 Å². The number of halogens is 2. The molecule has 1 aliphatic heterocycles. The molecule has 1 aromatic rings. The van der Waals surface area contributed by atoms with E-state index in [1.165, 1.54) is 25.3 Å². The number of carbonyl (C=O) groups is 2. The molecule has 0 radical (unpaired) electrons. The first-order chi connectivity index (χ1) is 10.3. The maximum absolute atomic E-state index is 12.2. The van der Waals surface area contributed by atoms with Crippen LogP contribution in [0, 0.1) is 0 Å². The van der Waals surface area contributed by atoms with Crippen LogP contribution in [0.3, 0.4) is 0 Å². The molecule has 6 nitrogen and oxygen atoms in total. The first kappa shape index (κ1) is 16.6. The highest BCUT2D eigenvalue weighted by Gasteiger charge is 2.49. The van der Waals surface area contributed by atoms with Gasteiger partial charge in [0.1, 0.15) is 5.71 Å². The van der Waals surface area contributed by atoms with Crippen molar-refractivity contribution in [1.29, 1.82) is 0 Å². The fourth-order valence-electron chi connectivity index (χ4n) is 2.25. The molecule has 0 aromatic heterocycles. The van der Waals surface area contributed by atoms with E-state index in [4.69, 9.17) is 27.9 Å². The summed E-state index contributed by atoms with van der Waals surface area (Å²) in [6, 6.07) is 4.77. The number of benzene rings is 1. The van der Waals surface area contributed by atoms with Gasteiger partial charge in [-0.25, -0.2) is 14.6 Å². The molecule has 0 aliphatic carbocycles. The van der Waals surface area contributed by atoms with Crippen molar-refractivity contribution >= 4 is 46.5 Å². The number of anilines is 1. The summed E-state index contributed by atoms with van der Waals surface area (Å²) in [6.45, 7) is 1.61.